The molecule has 0 fully saturated rings. The van der Waals surface area contributed by atoms with Crippen LogP contribution in [0.15, 0.2) is 24.3 Å². The standard InChI is InChI=1S/C17H22N2O7/c20-6-11(21)14(22)16(24)15(23)13-12-8(5-10(19-13)17(25)26)7-3-1-2-4-9(7)18-12/h1-4,10-11,13-16,18-24H,5-6H2,(H,25,26)/t10-,11-,13+,14-,15+,16-/m0/s1. The predicted molar refractivity (Wildman–Crippen MR) is 90.4 cm³/mol. The van der Waals surface area contributed by atoms with Gasteiger partial charge in [0, 0.05) is 23.0 Å². The number of hydrogen-bond donors (Lipinski definition) is 8. The van der Waals surface area contributed by atoms with E-state index in [4.69, 9.17) is 5.11 Å². The molecule has 1 aliphatic heterocycles. The third kappa shape index (κ3) is 3.20. The molecule has 0 saturated heterocycles. The first-order valence-corrected chi connectivity index (χ1v) is 8.26. The molecule has 142 valence electrons. The van der Waals surface area contributed by atoms with Crippen molar-refractivity contribution >= 4 is 16.9 Å². The van der Waals surface area contributed by atoms with E-state index in [1.165, 1.54) is 0 Å². The highest BCUT2D eigenvalue weighted by molar-refractivity contribution is 5.86. The number of benzene rings is 1. The molecular weight excluding hydrogens is 344 g/mol. The fourth-order valence-electron chi connectivity index (χ4n) is 3.43. The van der Waals surface area contributed by atoms with E-state index in [2.05, 4.69) is 10.3 Å². The summed E-state index contributed by atoms with van der Waals surface area (Å²) < 4.78 is 0. The van der Waals surface area contributed by atoms with Gasteiger partial charge in [-0.1, -0.05) is 18.2 Å². The van der Waals surface area contributed by atoms with Crippen LogP contribution in [-0.2, 0) is 11.2 Å². The van der Waals surface area contributed by atoms with Crippen molar-refractivity contribution in [1.82, 2.24) is 10.3 Å². The minimum atomic E-state index is -1.80. The van der Waals surface area contributed by atoms with Gasteiger partial charge in [0.15, 0.2) is 0 Å². The summed E-state index contributed by atoms with van der Waals surface area (Å²) in [4.78, 5) is 14.6. The SMILES string of the molecule is O=C(O)[C@@H]1Cc2c([nH]c3ccccc23)[C@H]([C@@H](O)[C@@H](O)[C@@H](O)[C@@H](O)CO)N1. The summed E-state index contributed by atoms with van der Waals surface area (Å²) in [6.07, 6.45) is -6.67. The van der Waals surface area contributed by atoms with Crippen molar-refractivity contribution in [3.8, 4) is 0 Å². The third-order valence-corrected chi connectivity index (χ3v) is 4.87. The molecule has 1 aliphatic rings. The minimum Gasteiger partial charge on any atom is -0.480 e. The first kappa shape index (κ1) is 18.8. The highest BCUT2D eigenvalue weighted by atomic mass is 16.4. The molecule has 6 atom stereocenters. The van der Waals surface area contributed by atoms with Crippen LogP contribution in [-0.4, -0.2) is 78.7 Å². The molecule has 0 unspecified atom stereocenters. The zero-order valence-electron chi connectivity index (χ0n) is 13.8. The molecule has 1 aromatic heterocycles. The number of para-hydroxylation sites is 1. The van der Waals surface area contributed by atoms with Gasteiger partial charge in [0.1, 0.15) is 30.5 Å². The number of carboxylic acid groups (broad SMARTS) is 1. The van der Waals surface area contributed by atoms with Crippen LogP contribution >= 0.6 is 0 Å². The van der Waals surface area contributed by atoms with Crippen LogP contribution in [0.25, 0.3) is 10.9 Å². The summed E-state index contributed by atoms with van der Waals surface area (Å²) in [5, 5.41) is 62.0. The van der Waals surface area contributed by atoms with Gasteiger partial charge in [-0.15, -0.1) is 0 Å². The zero-order valence-corrected chi connectivity index (χ0v) is 13.8. The summed E-state index contributed by atoms with van der Waals surface area (Å²) in [5.74, 6) is -1.11. The van der Waals surface area contributed by atoms with Crippen LogP contribution in [0.5, 0.6) is 0 Å². The number of aromatic nitrogens is 1. The molecule has 0 spiro atoms. The maximum absolute atomic E-state index is 11.5. The number of aliphatic carboxylic acids is 1. The lowest BCUT2D eigenvalue weighted by Gasteiger charge is -2.36. The Morgan fingerprint density at radius 2 is 1.85 bits per heavy atom. The zero-order chi connectivity index (χ0) is 19.0. The Balaban J connectivity index is 1.99. The largest absolute Gasteiger partial charge is 0.480 e. The molecule has 2 heterocycles. The number of aromatic amines is 1. The van der Waals surface area contributed by atoms with E-state index in [0.717, 1.165) is 10.9 Å². The fraction of sp³-hybridized carbons (Fsp3) is 0.471. The van der Waals surface area contributed by atoms with Crippen molar-refractivity contribution in [2.45, 2.75) is 42.9 Å². The molecule has 0 bridgehead atoms. The molecule has 26 heavy (non-hydrogen) atoms. The molecular formula is C17H22N2O7. The Morgan fingerprint density at radius 1 is 1.15 bits per heavy atom. The third-order valence-electron chi connectivity index (χ3n) is 4.87. The molecule has 0 saturated carbocycles. The Kier molecular flexibility index (Phi) is 5.28. The van der Waals surface area contributed by atoms with E-state index in [1.54, 1.807) is 0 Å². The number of hydrogen-bond acceptors (Lipinski definition) is 7. The van der Waals surface area contributed by atoms with Gasteiger partial charge in [-0.05, 0) is 11.6 Å². The van der Waals surface area contributed by atoms with E-state index >= 15 is 0 Å². The topological polar surface area (TPSA) is 166 Å². The lowest BCUT2D eigenvalue weighted by Crippen LogP contribution is -2.54. The number of carboxylic acids is 1. The second-order valence-corrected chi connectivity index (χ2v) is 6.52. The van der Waals surface area contributed by atoms with Crippen LogP contribution in [0.3, 0.4) is 0 Å². The summed E-state index contributed by atoms with van der Waals surface area (Å²) in [7, 11) is 0. The van der Waals surface area contributed by atoms with Gasteiger partial charge >= 0.3 is 5.97 Å². The van der Waals surface area contributed by atoms with Gasteiger partial charge in [0.25, 0.3) is 0 Å². The first-order chi connectivity index (χ1) is 12.3. The van der Waals surface area contributed by atoms with Gasteiger partial charge in [0.05, 0.1) is 12.6 Å². The van der Waals surface area contributed by atoms with Crippen LogP contribution in [0.1, 0.15) is 17.3 Å². The first-order valence-electron chi connectivity index (χ1n) is 8.26. The second-order valence-electron chi connectivity index (χ2n) is 6.52. The lowest BCUT2D eigenvalue weighted by atomic mass is 9.88. The van der Waals surface area contributed by atoms with Crippen molar-refractivity contribution in [3.05, 3.63) is 35.5 Å². The molecule has 1 aromatic carbocycles. The normalized spacial score (nSPS) is 24.7. The van der Waals surface area contributed by atoms with Crippen molar-refractivity contribution in [3.63, 3.8) is 0 Å². The van der Waals surface area contributed by atoms with E-state index in [-0.39, 0.29) is 6.42 Å². The van der Waals surface area contributed by atoms with Crippen molar-refractivity contribution in [2.24, 2.45) is 0 Å². The van der Waals surface area contributed by atoms with Crippen molar-refractivity contribution in [2.75, 3.05) is 6.61 Å². The van der Waals surface area contributed by atoms with Gasteiger partial charge in [0.2, 0.25) is 0 Å². The number of rotatable bonds is 6. The number of fused-ring (bicyclic) bond motifs is 3. The molecule has 0 aliphatic carbocycles. The number of nitrogens with one attached hydrogen (secondary N) is 2. The smallest absolute Gasteiger partial charge is 0.321 e. The van der Waals surface area contributed by atoms with Gasteiger partial charge in [-0.25, -0.2) is 0 Å². The Hall–Kier alpha value is -2.01. The molecule has 8 N–H and O–H groups in total. The summed E-state index contributed by atoms with van der Waals surface area (Å²) in [6.45, 7) is -0.793. The summed E-state index contributed by atoms with van der Waals surface area (Å²) in [5.41, 5.74) is 1.98. The Bertz CT molecular complexity index is 793. The Morgan fingerprint density at radius 3 is 2.50 bits per heavy atom. The van der Waals surface area contributed by atoms with Crippen LogP contribution < -0.4 is 5.32 Å². The average molecular weight is 366 g/mol. The molecule has 0 radical (unpaired) electrons. The van der Waals surface area contributed by atoms with E-state index in [0.29, 0.717) is 11.3 Å². The summed E-state index contributed by atoms with van der Waals surface area (Å²) in [6, 6.07) is 5.27. The number of aliphatic hydroxyl groups excluding tert-OH is 5. The number of H-pyrrole nitrogens is 1. The molecule has 3 rings (SSSR count). The van der Waals surface area contributed by atoms with Gasteiger partial charge in [-0.2, -0.15) is 0 Å². The van der Waals surface area contributed by atoms with Gasteiger partial charge < -0.3 is 35.6 Å². The summed E-state index contributed by atoms with van der Waals surface area (Å²) >= 11 is 0. The molecule has 2 aromatic rings. The molecule has 0 amide bonds. The molecule has 9 nitrogen and oxygen atoms in total. The van der Waals surface area contributed by atoms with Crippen LogP contribution in [0.4, 0.5) is 0 Å². The highest BCUT2D eigenvalue weighted by Gasteiger charge is 2.41. The van der Waals surface area contributed by atoms with E-state index < -0.39 is 49.1 Å². The number of carbonyl (C=O) groups is 1. The van der Waals surface area contributed by atoms with E-state index in [1.807, 2.05) is 24.3 Å². The quantitative estimate of drug-likeness (QED) is 0.298. The van der Waals surface area contributed by atoms with Crippen molar-refractivity contribution in [1.29, 1.82) is 0 Å². The maximum Gasteiger partial charge on any atom is 0.321 e. The van der Waals surface area contributed by atoms with E-state index in [9.17, 15) is 30.3 Å². The number of aliphatic hydroxyl groups is 5. The second kappa shape index (κ2) is 7.31. The van der Waals surface area contributed by atoms with Crippen LogP contribution in [0, 0.1) is 0 Å². The predicted octanol–water partition coefficient (Wildman–Crippen LogP) is -1.76. The Labute approximate surface area is 148 Å². The van der Waals surface area contributed by atoms with Gasteiger partial charge in [-0.3, -0.25) is 10.1 Å². The van der Waals surface area contributed by atoms with Crippen molar-refractivity contribution < 1.29 is 35.4 Å². The fourth-order valence-corrected chi connectivity index (χ4v) is 3.43. The maximum atomic E-state index is 11.5. The lowest BCUT2D eigenvalue weighted by molar-refractivity contribution is -0.142. The highest BCUT2D eigenvalue weighted by Crippen LogP contribution is 2.34. The average Bonchev–Trinajstić information content (AvgIpc) is 3.03. The minimum absolute atomic E-state index is 0.190. The van der Waals surface area contributed by atoms with Crippen LogP contribution in [0.2, 0.25) is 0 Å². The monoisotopic (exact) mass is 366 g/mol. The molecule has 9 heteroatoms.